The SMILES string of the molecule is CC(N)=NCCc1cccs1. The van der Waals surface area contributed by atoms with Crippen LogP contribution in [0.1, 0.15) is 11.8 Å². The summed E-state index contributed by atoms with van der Waals surface area (Å²) in [7, 11) is 0. The first kappa shape index (κ1) is 8.27. The molecule has 0 aliphatic rings. The Morgan fingerprint density at radius 1 is 1.73 bits per heavy atom. The minimum Gasteiger partial charge on any atom is -0.388 e. The van der Waals surface area contributed by atoms with E-state index in [4.69, 9.17) is 5.73 Å². The average Bonchev–Trinajstić information content (AvgIpc) is 2.39. The van der Waals surface area contributed by atoms with Gasteiger partial charge in [0.25, 0.3) is 0 Å². The zero-order chi connectivity index (χ0) is 8.10. The van der Waals surface area contributed by atoms with E-state index >= 15 is 0 Å². The average molecular weight is 168 g/mol. The van der Waals surface area contributed by atoms with Crippen LogP contribution >= 0.6 is 11.3 Å². The van der Waals surface area contributed by atoms with E-state index < -0.39 is 0 Å². The molecule has 1 rings (SSSR count). The molecule has 11 heavy (non-hydrogen) atoms. The quantitative estimate of drug-likeness (QED) is 0.541. The zero-order valence-corrected chi connectivity index (χ0v) is 7.40. The summed E-state index contributed by atoms with van der Waals surface area (Å²) >= 11 is 1.76. The molecule has 0 aromatic carbocycles. The van der Waals surface area contributed by atoms with E-state index in [1.54, 1.807) is 11.3 Å². The molecule has 1 aromatic rings. The summed E-state index contributed by atoms with van der Waals surface area (Å²) in [6.45, 7) is 2.62. The van der Waals surface area contributed by atoms with Crippen molar-refractivity contribution in [3.63, 3.8) is 0 Å². The molecule has 3 heteroatoms. The maximum absolute atomic E-state index is 5.39. The molecular weight excluding hydrogens is 156 g/mol. The Balaban J connectivity index is 2.30. The Kier molecular flexibility index (Phi) is 3.11. The van der Waals surface area contributed by atoms with Gasteiger partial charge in [0.2, 0.25) is 0 Å². The number of rotatable bonds is 3. The standard InChI is InChI=1S/C8H12N2S/c1-7(9)10-5-4-8-3-2-6-11-8/h2-3,6H,4-5H2,1H3,(H2,9,10). The summed E-state index contributed by atoms with van der Waals surface area (Å²) in [4.78, 5) is 5.47. The fraction of sp³-hybridized carbons (Fsp3) is 0.375. The molecule has 0 radical (unpaired) electrons. The normalized spacial score (nSPS) is 11.9. The Bertz CT molecular complexity index is 222. The van der Waals surface area contributed by atoms with Gasteiger partial charge in [-0.15, -0.1) is 11.3 Å². The monoisotopic (exact) mass is 168 g/mol. The minimum absolute atomic E-state index is 0.668. The van der Waals surface area contributed by atoms with E-state index in [0.29, 0.717) is 5.84 Å². The number of nitrogens with two attached hydrogens (primary N) is 1. The van der Waals surface area contributed by atoms with Crippen LogP contribution < -0.4 is 5.73 Å². The van der Waals surface area contributed by atoms with E-state index in [1.807, 2.05) is 6.92 Å². The first-order valence-corrected chi connectivity index (χ1v) is 4.46. The number of thiophene rings is 1. The van der Waals surface area contributed by atoms with Crippen molar-refractivity contribution in [3.05, 3.63) is 22.4 Å². The van der Waals surface area contributed by atoms with E-state index in [2.05, 4.69) is 22.5 Å². The zero-order valence-electron chi connectivity index (χ0n) is 6.58. The lowest BCUT2D eigenvalue weighted by molar-refractivity contribution is 0.983. The molecule has 0 spiro atoms. The number of amidine groups is 1. The van der Waals surface area contributed by atoms with Gasteiger partial charge >= 0.3 is 0 Å². The van der Waals surface area contributed by atoms with Crippen LogP contribution in [0.3, 0.4) is 0 Å². The van der Waals surface area contributed by atoms with E-state index in [9.17, 15) is 0 Å². The van der Waals surface area contributed by atoms with Gasteiger partial charge in [0, 0.05) is 17.8 Å². The lowest BCUT2D eigenvalue weighted by Gasteiger charge is -1.92. The Hall–Kier alpha value is -0.830. The van der Waals surface area contributed by atoms with Crippen LogP contribution in [0, 0.1) is 0 Å². The third kappa shape index (κ3) is 3.18. The van der Waals surface area contributed by atoms with Gasteiger partial charge in [-0.05, 0) is 18.4 Å². The fourth-order valence-electron chi connectivity index (χ4n) is 0.797. The summed E-state index contributed by atoms with van der Waals surface area (Å²) in [6.07, 6.45) is 1.01. The lowest BCUT2D eigenvalue weighted by Crippen LogP contribution is -2.06. The van der Waals surface area contributed by atoms with Crippen molar-refractivity contribution >= 4 is 17.2 Å². The van der Waals surface area contributed by atoms with E-state index in [1.165, 1.54) is 4.88 Å². The third-order valence-electron chi connectivity index (χ3n) is 1.30. The Morgan fingerprint density at radius 2 is 2.55 bits per heavy atom. The van der Waals surface area contributed by atoms with Crippen LogP contribution in [0.5, 0.6) is 0 Å². The number of aliphatic imine (C=N–C) groups is 1. The molecule has 0 atom stereocenters. The summed E-state index contributed by atoms with van der Waals surface area (Å²) in [6, 6.07) is 4.17. The van der Waals surface area contributed by atoms with E-state index in [-0.39, 0.29) is 0 Å². The predicted molar refractivity (Wildman–Crippen MR) is 50.2 cm³/mol. The highest BCUT2D eigenvalue weighted by Crippen LogP contribution is 2.08. The highest BCUT2D eigenvalue weighted by molar-refractivity contribution is 7.09. The van der Waals surface area contributed by atoms with Gasteiger partial charge in [-0.25, -0.2) is 0 Å². The summed E-state index contributed by atoms with van der Waals surface area (Å²) in [5.74, 6) is 0.668. The second-order valence-electron chi connectivity index (χ2n) is 2.35. The van der Waals surface area contributed by atoms with Crippen molar-refractivity contribution in [1.82, 2.24) is 0 Å². The topological polar surface area (TPSA) is 38.4 Å². The highest BCUT2D eigenvalue weighted by atomic mass is 32.1. The van der Waals surface area contributed by atoms with Crippen molar-refractivity contribution in [2.24, 2.45) is 10.7 Å². The molecule has 0 amide bonds. The predicted octanol–water partition coefficient (Wildman–Crippen LogP) is 1.67. The van der Waals surface area contributed by atoms with Gasteiger partial charge in [-0.1, -0.05) is 6.07 Å². The molecular formula is C8H12N2S. The van der Waals surface area contributed by atoms with Gasteiger partial charge in [-0.2, -0.15) is 0 Å². The number of nitrogens with zero attached hydrogens (tertiary/aromatic N) is 1. The first-order valence-electron chi connectivity index (χ1n) is 3.58. The second kappa shape index (κ2) is 4.13. The molecule has 0 aliphatic carbocycles. The Labute approximate surface area is 70.8 Å². The Morgan fingerprint density at radius 3 is 3.09 bits per heavy atom. The highest BCUT2D eigenvalue weighted by Gasteiger charge is 1.90. The summed E-state index contributed by atoms with van der Waals surface area (Å²) < 4.78 is 0. The molecule has 60 valence electrons. The molecule has 1 aromatic heterocycles. The van der Waals surface area contributed by atoms with Crippen LogP contribution in [0.2, 0.25) is 0 Å². The van der Waals surface area contributed by atoms with Crippen LogP contribution in [0.15, 0.2) is 22.5 Å². The van der Waals surface area contributed by atoms with Crippen LogP contribution in [-0.4, -0.2) is 12.4 Å². The molecule has 0 aliphatic heterocycles. The van der Waals surface area contributed by atoms with Crippen molar-refractivity contribution < 1.29 is 0 Å². The van der Waals surface area contributed by atoms with Crippen molar-refractivity contribution in [1.29, 1.82) is 0 Å². The third-order valence-corrected chi connectivity index (χ3v) is 2.24. The van der Waals surface area contributed by atoms with Crippen LogP contribution in [0.4, 0.5) is 0 Å². The maximum Gasteiger partial charge on any atom is 0.0905 e. The number of hydrogen-bond acceptors (Lipinski definition) is 2. The van der Waals surface area contributed by atoms with Gasteiger partial charge in [-0.3, -0.25) is 4.99 Å². The van der Waals surface area contributed by atoms with Gasteiger partial charge in [0.15, 0.2) is 0 Å². The van der Waals surface area contributed by atoms with Crippen LogP contribution in [0.25, 0.3) is 0 Å². The minimum atomic E-state index is 0.668. The molecule has 0 saturated carbocycles. The summed E-state index contributed by atoms with van der Waals surface area (Å²) in [5, 5.41) is 2.08. The molecule has 0 fully saturated rings. The smallest absolute Gasteiger partial charge is 0.0905 e. The van der Waals surface area contributed by atoms with Crippen molar-refractivity contribution in [2.45, 2.75) is 13.3 Å². The molecule has 2 nitrogen and oxygen atoms in total. The second-order valence-corrected chi connectivity index (χ2v) is 3.38. The molecule has 0 bridgehead atoms. The lowest BCUT2D eigenvalue weighted by atomic mass is 10.3. The first-order chi connectivity index (χ1) is 5.29. The number of hydrogen-bond donors (Lipinski definition) is 1. The molecule has 0 unspecified atom stereocenters. The molecule has 0 saturated heterocycles. The van der Waals surface area contributed by atoms with Crippen molar-refractivity contribution in [2.75, 3.05) is 6.54 Å². The molecule has 2 N–H and O–H groups in total. The van der Waals surface area contributed by atoms with Crippen LogP contribution in [-0.2, 0) is 6.42 Å². The maximum atomic E-state index is 5.39. The van der Waals surface area contributed by atoms with Gasteiger partial charge in [0.1, 0.15) is 0 Å². The van der Waals surface area contributed by atoms with Gasteiger partial charge < -0.3 is 5.73 Å². The van der Waals surface area contributed by atoms with Crippen molar-refractivity contribution in [3.8, 4) is 0 Å². The molecule has 1 heterocycles. The largest absolute Gasteiger partial charge is 0.388 e. The van der Waals surface area contributed by atoms with Gasteiger partial charge in [0.05, 0.1) is 5.84 Å². The fourth-order valence-corrected chi connectivity index (χ4v) is 1.50. The van der Waals surface area contributed by atoms with E-state index in [0.717, 1.165) is 13.0 Å². The summed E-state index contributed by atoms with van der Waals surface area (Å²) in [5.41, 5.74) is 5.39.